The van der Waals surface area contributed by atoms with Crippen molar-refractivity contribution < 1.29 is 9.47 Å². The molecular formula is C29H32N4O2. The Labute approximate surface area is 206 Å². The molecule has 6 nitrogen and oxygen atoms in total. The van der Waals surface area contributed by atoms with E-state index in [2.05, 4.69) is 81.7 Å². The summed E-state index contributed by atoms with van der Waals surface area (Å²) in [6.45, 7) is 7.63. The number of fused-ring (bicyclic) bond motifs is 1. The van der Waals surface area contributed by atoms with Crippen LogP contribution in [0.4, 0.5) is 5.69 Å². The van der Waals surface area contributed by atoms with Gasteiger partial charge in [0.25, 0.3) is 0 Å². The highest BCUT2D eigenvalue weighted by Gasteiger charge is 2.18. The smallest absolute Gasteiger partial charge is 0.138 e. The average Bonchev–Trinajstić information content (AvgIpc) is 3.59. The summed E-state index contributed by atoms with van der Waals surface area (Å²) in [6, 6.07) is 19.7. The number of benzene rings is 2. The molecule has 6 rings (SSSR count). The molecule has 6 heteroatoms. The van der Waals surface area contributed by atoms with Crippen molar-refractivity contribution in [3.8, 4) is 28.1 Å². The lowest BCUT2D eigenvalue weighted by Gasteiger charge is -2.28. The molecule has 0 aliphatic carbocycles. The van der Waals surface area contributed by atoms with E-state index in [0.29, 0.717) is 0 Å². The summed E-state index contributed by atoms with van der Waals surface area (Å²) >= 11 is 0. The van der Waals surface area contributed by atoms with Gasteiger partial charge in [-0.05, 0) is 78.0 Å². The van der Waals surface area contributed by atoms with Gasteiger partial charge in [-0.1, -0.05) is 25.1 Å². The second kappa shape index (κ2) is 9.72. The number of nitrogens with one attached hydrogen (secondary N) is 2. The fourth-order valence-electron chi connectivity index (χ4n) is 5.15. The summed E-state index contributed by atoms with van der Waals surface area (Å²) in [5.74, 6) is 1.00. The maximum Gasteiger partial charge on any atom is 0.138 e. The van der Waals surface area contributed by atoms with Gasteiger partial charge < -0.3 is 24.7 Å². The van der Waals surface area contributed by atoms with Gasteiger partial charge in [0.1, 0.15) is 17.5 Å². The van der Waals surface area contributed by atoms with Crippen molar-refractivity contribution >= 4 is 16.7 Å². The summed E-state index contributed by atoms with van der Waals surface area (Å²) in [5, 5.41) is 4.51. The van der Waals surface area contributed by atoms with Gasteiger partial charge in [0.2, 0.25) is 0 Å². The Balaban J connectivity index is 1.30. The number of pyridine rings is 1. The van der Waals surface area contributed by atoms with E-state index in [0.717, 1.165) is 80.3 Å². The molecule has 35 heavy (non-hydrogen) atoms. The first-order valence-corrected chi connectivity index (χ1v) is 12.7. The molecule has 2 fully saturated rings. The minimum Gasteiger partial charge on any atom is -0.489 e. The summed E-state index contributed by atoms with van der Waals surface area (Å²) in [4.78, 5) is 10.5. The third-order valence-electron chi connectivity index (χ3n) is 7.15. The predicted molar refractivity (Wildman–Crippen MR) is 141 cm³/mol. The second-order valence-corrected chi connectivity index (χ2v) is 9.36. The SMILES string of the molecule is CCc1cc(-c2ccnc3[nH]c(-c4ccc(N5CCOCC5)cc4)cc23)ccc1O[C@@H]1CCNC1. The highest BCUT2D eigenvalue weighted by Crippen LogP contribution is 2.34. The van der Waals surface area contributed by atoms with Gasteiger partial charge in [-0.2, -0.15) is 0 Å². The number of aromatic nitrogens is 2. The molecule has 180 valence electrons. The lowest BCUT2D eigenvalue weighted by Crippen LogP contribution is -2.36. The molecule has 2 saturated heterocycles. The largest absolute Gasteiger partial charge is 0.489 e. The molecular weight excluding hydrogens is 436 g/mol. The van der Waals surface area contributed by atoms with Gasteiger partial charge in [-0.25, -0.2) is 4.98 Å². The van der Waals surface area contributed by atoms with Crippen molar-refractivity contribution in [2.75, 3.05) is 44.3 Å². The van der Waals surface area contributed by atoms with Crippen LogP contribution in [0.2, 0.25) is 0 Å². The van der Waals surface area contributed by atoms with Crippen LogP contribution in [0, 0.1) is 0 Å². The Morgan fingerprint density at radius 3 is 2.63 bits per heavy atom. The number of H-pyrrole nitrogens is 1. The normalized spacial score (nSPS) is 18.3. The first kappa shape index (κ1) is 22.1. The van der Waals surface area contributed by atoms with Crippen LogP contribution >= 0.6 is 0 Å². The van der Waals surface area contributed by atoms with E-state index >= 15 is 0 Å². The number of aromatic amines is 1. The lowest BCUT2D eigenvalue weighted by molar-refractivity contribution is 0.122. The summed E-state index contributed by atoms with van der Waals surface area (Å²) < 4.78 is 11.8. The monoisotopic (exact) mass is 468 g/mol. The molecule has 0 spiro atoms. The van der Waals surface area contributed by atoms with Crippen LogP contribution in [0.15, 0.2) is 60.8 Å². The number of aryl methyl sites for hydroxylation is 1. The topological polar surface area (TPSA) is 62.4 Å². The van der Waals surface area contributed by atoms with Crippen molar-refractivity contribution in [2.24, 2.45) is 0 Å². The molecule has 4 heterocycles. The minimum atomic E-state index is 0.264. The molecule has 0 saturated carbocycles. The molecule has 2 N–H and O–H groups in total. The van der Waals surface area contributed by atoms with E-state index in [1.54, 1.807) is 0 Å². The molecule has 2 aliphatic rings. The Hall–Kier alpha value is -3.35. The van der Waals surface area contributed by atoms with E-state index in [4.69, 9.17) is 9.47 Å². The van der Waals surface area contributed by atoms with Gasteiger partial charge in [0.05, 0.1) is 13.2 Å². The van der Waals surface area contributed by atoms with Crippen LogP contribution < -0.4 is 15.0 Å². The van der Waals surface area contributed by atoms with E-state index in [-0.39, 0.29) is 6.10 Å². The summed E-state index contributed by atoms with van der Waals surface area (Å²) in [6.07, 6.45) is 4.15. The minimum absolute atomic E-state index is 0.264. The Morgan fingerprint density at radius 1 is 1.03 bits per heavy atom. The maximum absolute atomic E-state index is 6.30. The average molecular weight is 469 g/mol. The highest BCUT2D eigenvalue weighted by molar-refractivity contribution is 5.96. The molecule has 0 unspecified atom stereocenters. The van der Waals surface area contributed by atoms with Crippen LogP contribution in [0.1, 0.15) is 18.9 Å². The molecule has 2 aliphatic heterocycles. The molecule has 1 atom stereocenters. The number of rotatable bonds is 6. The second-order valence-electron chi connectivity index (χ2n) is 9.36. The molecule has 0 bridgehead atoms. The Morgan fingerprint density at radius 2 is 1.86 bits per heavy atom. The molecule has 0 radical (unpaired) electrons. The van der Waals surface area contributed by atoms with Gasteiger partial charge in [0, 0.05) is 42.6 Å². The fourth-order valence-corrected chi connectivity index (χ4v) is 5.15. The number of hydrogen-bond acceptors (Lipinski definition) is 5. The zero-order chi connectivity index (χ0) is 23.6. The van der Waals surface area contributed by atoms with Crippen molar-refractivity contribution in [1.82, 2.24) is 15.3 Å². The van der Waals surface area contributed by atoms with Gasteiger partial charge >= 0.3 is 0 Å². The summed E-state index contributed by atoms with van der Waals surface area (Å²) in [7, 11) is 0. The quantitative estimate of drug-likeness (QED) is 0.415. The first-order chi connectivity index (χ1) is 17.3. The van der Waals surface area contributed by atoms with Crippen molar-refractivity contribution in [3.05, 3.63) is 66.4 Å². The van der Waals surface area contributed by atoms with E-state index in [1.807, 2.05) is 6.20 Å². The summed E-state index contributed by atoms with van der Waals surface area (Å²) in [5.41, 5.74) is 8.02. The number of nitrogens with zero attached hydrogens (tertiary/aromatic N) is 2. The molecule has 0 amide bonds. The van der Waals surface area contributed by atoms with Crippen molar-refractivity contribution in [1.29, 1.82) is 0 Å². The zero-order valence-corrected chi connectivity index (χ0v) is 20.2. The molecule has 4 aromatic rings. The fraction of sp³-hybridized carbons (Fsp3) is 0.345. The van der Waals surface area contributed by atoms with Crippen LogP contribution in [-0.4, -0.2) is 55.5 Å². The van der Waals surface area contributed by atoms with Gasteiger partial charge in [0.15, 0.2) is 0 Å². The maximum atomic E-state index is 6.30. The van der Waals surface area contributed by atoms with Crippen LogP contribution in [0.3, 0.4) is 0 Å². The van der Waals surface area contributed by atoms with Gasteiger partial charge in [-0.3, -0.25) is 0 Å². The van der Waals surface area contributed by atoms with Crippen molar-refractivity contribution in [3.63, 3.8) is 0 Å². The predicted octanol–water partition coefficient (Wildman–Crippen LogP) is 5.04. The first-order valence-electron chi connectivity index (χ1n) is 12.7. The van der Waals surface area contributed by atoms with Crippen LogP contribution in [0.5, 0.6) is 5.75 Å². The number of ether oxygens (including phenoxy) is 2. The van der Waals surface area contributed by atoms with E-state index in [1.165, 1.54) is 22.4 Å². The van der Waals surface area contributed by atoms with Crippen LogP contribution in [0.25, 0.3) is 33.4 Å². The molecule has 2 aromatic carbocycles. The Kier molecular flexibility index (Phi) is 6.15. The number of morpholine rings is 1. The van der Waals surface area contributed by atoms with E-state index < -0.39 is 0 Å². The highest BCUT2D eigenvalue weighted by atomic mass is 16.5. The third-order valence-corrected chi connectivity index (χ3v) is 7.15. The van der Waals surface area contributed by atoms with E-state index in [9.17, 15) is 0 Å². The number of anilines is 1. The standard InChI is InChI=1S/C29H32N4O2/c1-2-20-17-22(5-8-28(20)35-24-9-11-30-19-24)25-10-12-31-29-26(25)18-27(32-29)21-3-6-23(7-4-21)33-13-15-34-16-14-33/h3-8,10,12,17-18,24,30H,2,9,11,13-16,19H2,1H3,(H,31,32)/t24-/m1/s1. The zero-order valence-electron chi connectivity index (χ0n) is 20.2. The Bertz CT molecular complexity index is 1300. The number of hydrogen-bond donors (Lipinski definition) is 2. The molecule has 2 aromatic heterocycles. The van der Waals surface area contributed by atoms with Crippen molar-refractivity contribution in [2.45, 2.75) is 25.9 Å². The van der Waals surface area contributed by atoms with Gasteiger partial charge in [-0.15, -0.1) is 0 Å². The third kappa shape index (κ3) is 4.51. The van der Waals surface area contributed by atoms with Crippen LogP contribution in [-0.2, 0) is 11.2 Å². The lowest BCUT2D eigenvalue weighted by atomic mass is 9.99.